The van der Waals surface area contributed by atoms with E-state index in [1.165, 1.54) is 0 Å². The Balaban J connectivity index is 1.98. The Kier molecular flexibility index (Phi) is 4.12. The summed E-state index contributed by atoms with van der Waals surface area (Å²) in [4.78, 5) is 22.6. The Morgan fingerprint density at radius 3 is 2.83 bits per heavy atom. The number of carbonyl (C=O) groups excluding carboxylic acids is 1. The van der Waals surface area contributed by atoms with Gasteiger partial charge < -0.3 is 10.2 Å². The van der Waals surface area contributed by atoms with Gasteiger partial charge in [0.05, 0.1) is 5.92 Å². The van der Waals surface area contributed by atoms with E-state index in [0.29, 0.717) is 6.54 Å². The first-order valence-electron chi connectivity index (χ1n) is 6.49. The summed E-state index contributed by atoms with van der Waals surface area (Å²) in [6, 6.07) is 2.00. The summed E-state index contributed by atoms with van der Waals surface area (Å²) in [6.45, 7) is 5.61. The Morgan fingerprint density at radius 2 is 2.17 bits per heavy atom. The van der Waals surface area contributed by atoms with Gasteiger partial charge in [0.1, 0.15) is 0 Å². The van der Waals surface area contributed by atoms with Crippen molar-refractivity contribution in [2.24, 2.45) is 5.92 Å². The van der Waals surface area contributed by atoms with Gasteiger partial charge in [0.2, 0.25) is 11.9 Å². The second-order valence-corrected chi connectivity index (χ2v) is 5.00. The van der Waals surface area contributed by atoms with Crippen molar-refractivity contribution in [3.05, 3.63) is 18.5 Å². The highest BCUT2D eigenvalue weighted by Crippen LogP contribution is 2.20. The van der Waals surface area contributed by atoms with Crippen molar-refractivity contribution in [3.8, 4) is 0 Å². The third-order valence-corrected chi connectivity index (χ3v) is 3.06. The lowest BCUT2D eigenvalue weighted by atomic mass is 9.97. The Bertz CT molecular complexity index is 393. The Hall–Kier alpha value is -1.65. The molecular weight excluding hydrogens is 228 g/mol. The molecule has 1 amide bonds. The molecule has 1 aliphatic heterocycles. The van der Waals surface area contributed by atoms with E-state index < -0.39 is 0 Å². The van der Waals surface area contributed by atoms with Crippen LogP contribution in [-0.4, -0.2) is 35.0 Å². The minimum absolute atomic E-state index is 0.0463. The molecule has 1 N–H and O–H groups in total. The highest BCUT2D eigenvalue weighted by molar-refractivity contribution is 5.79. The van der Waals surface area contributed by atoms with Gasteiger partial charge in [0, 0.05) is 31.5 Å². The summed E-state index contributed by atoms with van der Waals surface area (Å²) < 4.78 is 0. The number of hydrogen-bond acceptors (Lipinski definition) is 4. The molecule has 0 spiro atoms. The first-order valence-corrected chi connectivity index (χ1v) is 6.49. The van der Waals surface area contributed by atoms with Gasteiger partial charge in [-0.25, -0.2) is 9.97 Å². The third kappa shape index (κ3) is 3.18. The van der Waals surface area contributed by atoms with Gasteiger partial charge in [0.15, 0.2) is 0 Å². The normalized spacial score (nSPS) is 19.9. The molecule has 5 nitrogen and oxygen atoms in total. The van der Waals surface area contributed by atoms with E-state index in [9.17, 15) is 4.79 Å². The lowest BCUT2D eigenvalue weighted by Gasteiger charge is -2.32. The fraction of sp³-hybridized carbons (Fsp3) is 0.615. The first kappa shape index (κ1) is 12.8. The molecule has 1 aromatic heterocycles. The van der Waals surface area contributed by atoms with E-state index in [4.69, 9.17) is 0 Å². The Morgan fingerprint density at radius 1 is 1.44 bits per heavy atom. The second-order valence-electron chi connectivity index (χ2n) is 5.00. The number of aromatic nitrogens is 2. The number of amides is 1. The summed E-state index contributed by atoms with van der Waals surface area (Å²) in [6.07, 6.45) is 5.43. The molecule has 1 aliphatic rings. The summed E-state index contributed by atoms with van der Waals surface area (Å²) in [5.41, 5.74) is 0. The maximum absolute atomic E-state index is 12.0. The maximum Gasteiger partial charge on any atom is 0.225 e. The highest BCUT2D eigenvalue weighted by Gasteiger charge is 2.27. The van der Waals surface area contributed by atoms with Crippen molar-refractivity contribution in [2.75, 3.05) is 18.0 Å². The van der Waals surface area contributed by atoms with Gasteiger partial charge in [-0.1, -0.05) is 0 Å². The van der Waals surface area contributed by atoms with E-state index in [-0.39, 0.29) is 17.9 Å². The van der Waals surface area contributed by atoms with Gasteiger partial charge in [-0.2, -0.15) is 0 Å². The number of nitrogens with one attached hydrogen (secondary N) is 1. The average molecular weight is 248 g/mol. The van der Waals surface area contributed by atoms with Gasteiger partial charge in [-0.05, 0) is 32.8 Å². The zero-order valence-corrected chi connectivity index (χ0v) is 11.0. The quantitative estimate of drug-likeness (QED) is 0.873. The molecule has 0 aliphatic carbocycles. The summed E-state index contributed by atoms with van der Waals surface area (Å²) in [5, 5.41) is 2.98. The first-order chi connectivity index (χ1) is 8.66. The molecule has 0 aromatic carbocycles. The van der Waals surface area contributed by atoms with E-state index in [0.717, 1.165) is 25.3 Å². The van der Waals surface area contributed by atoms with Crippen LogP contribution in [0.4, 0.5) is 5.95 Å². The van der Waals surface area contributed by atoms with Gasteiger partial charge in [-0.3, -0.25) is 4.79 Å². The van der Waals surface area contributed by atoms with E-state index >= 15 is 0 Å². The molecule has 1 unspecified atom stereocenters. The molecule has 1 fully saturated rings. The van der Waals surface area contributed by atoms with Crippen LogP contribution < -0.4 is 10.2 Å². The fourth-order valence-corrected chi connectivity index (χ4v) is 2.23. The molecule has 2 rings (SSSR count). The van der Waals surface area contributed by atoms with Crippen LogP contribution in [0.3, 0.4) is 0 Å². The number of piperidine rings is 1. The van der Waals surface area contributed by atoms with Crippen LogP contribution in [0.2, 0.25) is 0 Å². The number of rotatable bonds is 3. The molecule has 0 radical (unpaired) electrons. The van der Waals surface area contributed by atoms with Gasteiger partial charge in [0.25, 0.3) is 0 Å². The number of nitrogens with zero attached hydrogens (tertiary/aromatic N) is 3. The molecule has 0 bridgehead atoms. The van der Waals surface area contributed by atoms with Crippen molar-refractivity contribution in [3.63, 3.8) is 0 Å². The van der Waals surface area contributed by atoms with Crippen molar-refractivity contribution in [2.45, 2.75) is 32.7 Å². The van der Waals surface area contributed by atoms with Crippen molar-refractivity contribution < 1.29 is 4.79 Å². The zero-order chi connectivity index (χ0) is 13.0. The van der Waals surface area contributed by atoms with E-state index in [1.54, 1.807) is 18.5 Å². The topological polar surface area (TPSA) is 58.1 Å². The minimum Gasteiger partial charge on any atom is -0.354 e. The van der Waals surface area contributed by atoms with Crippen molar-refractivity contribution >= 4 is 11.9 Å². The average Bonchev–Trinajstić information content (AvgIpc) is 2.39. The predicted octanol–water partition coefficient (Wildman–Crippen LogP) is 1.22. The number of anilines is 1. The second kappa shape index (κ2) is 5.80. The molecule has 0 saturated carbocycles. The SMILES string of the molecule is CC(C)NC(=O)C1CCCN(c2ncccn2)C1. The highest BCUT2D eigenvalue weighted by atomic mass is 16.2. The largest absolute Gasteiger partial charge is 0.354 e. The monoisotopic (exact) mass is 248 g/mol. The molecule has 98 valence electrons. The summed E-state index contributed by atoms with van der Waals surface area (Å²) in [7, 11) is 0. The fourth-order valence-electron chi connectivity index (χ4n) is 2.23. The van der Waals surface area contributed by atoms with Crippen LogP contribution in [0.15, 0.2) is 18.5 Å². The third-order valence-electron chi connectivity index (χ3n) is 3.06. The van der Waals surface area contributed by atoms with E-state index in [1.807, 2.05) is 13.8 Å². The molecule has 18 heavy (non-hydrogen) atoms. The number of carbonyl (C=O) groups is 1. The standard InChI is InChI=1S/C13H20N4O/c1-10(2)16-12(18)11-5-3-8-17(9-11)13-14-6-4-7-15-13/h4,6-7,10-11H,3,5,8-9H2,1-2H3,(H,16,18). The van der Waals surface area contributed by atoms with E-state index in [2.05, 4.69) is 20.2 Å². The molecule has 2 heterocycles. The molecule has 1 saturated heterocycles. The van der Waals surface area contributed by atoms with Crippen LogP contribution in [0.1, 0.15) is 26.7 Å². The molecule has 5 heteroatoms. The summed E-state index contributed by atoms with van der Waals surface area (Å²) in [5.74, 6) is 0.912. The van der Waals surface area contributed by atoms with Gasteiger partial charge in [-0.15, -0.1) is 0 Å². The van der Waals surface area contributed by atoms with Crippen LogP contribution >= 0.6 is 0 Å². The van der Waals surface area contributed by atoms with Crippen molar-refractivity contribution in [1.82, 2.24) is 15.3 Å². The lowest BCUT2D eigenvalue weighted by molar-refractivity contribution is -0.125. The number of hydrogen-bond donors (Lipinski definition) is 1. The molecule has 1 atom stereocenters. The smallest absolute Gasteiger partial charge is 0.225 e. The predicted molar refractivity (Wildman–Crippen MR) is 70.2 cm³/mol. The zero-order valence-electron chi connectivity index (χ0n) is 11.0. The molecule has 1 aromatic rings. The maximum atomic E-state index is 12.0. The van der Waals surface area contributed by atoms with Crippen LogP contribution in [0.5, 0.6) is 0 Å². The minimum atomic E-state index is 0.0463. The van der Waals surface area contributed by atoms with Gasteiger partial charge >= 0.3 is 0 Å². The Labute approximate surface area is 108 Å². The molecular formula is C13H20N4O. The van der Waals surface area contributed by atoms with Crippen LogP contribution in [0, 0.1) is 5.92 Å². The summed E-state index contributed by atoms with van der Waals surface area (Å²) >= 11 is 0. The van der Waals surface area contributed by atoms with Crippen LogP contribution in [0.25, 0.3) is 0 Å². The van der Waals surface area contributed by atoms with Crippen LogP contribution in [-0.2, 0) is 4.79 Å². The van der Waals surface area contributed by atoms with Crippen molar-refractivity contribution in [1.29, 1.82) is 0 Å². The lowest BCUT2D eigenvalue weighted by Crippen LogP contribution is -2.45.